The minimum atomic E-state index is -0.243. The summed E-state index contributed by atoms with van der Waals surface area (Å²) in [6.07, 6.45) is 3.37. The molecule has 1 aliphatic heterocycles. The smallest absolute Gasteiger partial charge is 0.231 e. The van der Waals surface area contributed by atoms with Crippen molar-refractivity contribution in [3.8, 4) is 0 Å². The Balaban J connectivity index is 1.99. The monoisotopic (exact) mass is 275 g/mol. The number of aryl methyl sites for hydroxylation is 1. The molecule has 1 aromatic carbocycles. The largest absolute Gasteiger partial charge is 0.371 e. The van der Waals surface area contributed by atoms with Crippen LogP contribution >= 0.6 is 0 Å². The van der Waals surface area contributed by atoms with Crippen molar-refractivity contribution in [3.63, 3.8) is 0 Å². The Morgan fingerprint density at radius 2 is 2.10 bits per heavy atom. The second kappa shape index (κ2) is 6.75. The third kappa shape index (κ3) is 3.73. The van der Waals surface area contributed by atoms with Gasteiger partial charge in [-0.3, -0.25) is 9.69 Å². The molecule has 1 aromatic rings. The number of anilines is 1. The van der Waals surface area contributed by atoms with Gasteiger partial charge in [-0.25, -0.2) is 0 Å². The number of para-hydroxylation sites is 1. The van der Waals surface area contributed by atoms with Crippen molar-refractivity contribution < 1.29 is 4.79 Å². The van der Waals surface area contributed by atoms with E-state index in [4.69, 9.17) is 5.73 Å². The van der Waals surface area contributed by atoms with Crippen LogP contribution in [-0.2, 0) is 4.79 Å². The highest BCUT2D eigenvalue weighted by Crippen LogP contribution is 2.24. The quantitative estimate of drug-likeness (QED) is 0.911. The summed E-state index contributed by atoms with van der Waals surface area (Å²) < 4.78 is 0. The van der Waals surface area contributed by atoms with Gasteiger partial charge in [0.15, 0.2) is 0 Å². The number of hydrogen-bond donors (Lipinski definition) is 1. The highest BCUT2D eigenvalue weighted by atomic mass is 16.1. The van der Waals surface area contributed by atoms with Gasteiger partial charge in [0, 0.05) is 24.8 Å². The van der Waals surface area contributed by atoms with Gasteiger partial charge in [-0.05, 0) is 44.9 Å². The lowest BCUT2D eigenvalue weighted by atomic mass is 10.1. The molecule has 0 aromatic heterocycles. The van der Waals surface area contributed by atoms with Crippen molar-refractivity contribution in [1.82, 2.24) is 4.90 Å². The fraction of sp³-hybridized carbons (Fsp3) is 0.562. The fourth-order valence-corrected chi connectivity index (χ4v) is 3.05. The Kier molecular flexibility index (Phi) is 5.01. The second-order valence-electron chi connectivity index (χ2n) is 5.74. The topological polar surface area (TPSA) is 49.6 Å². The molecular weight excluding hydrogens is 250 g/mol. The lowest BCUT2D eigenvalue weighted by Gasteiger charge is -2.27. The number of benzene rings is 1. The molecule has 0 aliphatic carbocycles. The SMILES string of the molecule is Cc1ccccc1N1CCCC(N(C)CC(N)=O)CC1. The predicted octanol–water partition coefficient (Wildman–Crippen LogP) is 1.77. The summed E-state index contributed by atoms with van der Waals surface area (Å²) in [5.41, 5.74) is 7.95. The van der Waals surface area contributed by atoms with Gasteiger partial charge >= 0.3 is 0 Å². The van der Waals surface area contributed by atoms with Crippen molar-refractivity contribution in [1.29, 1.82) is 0 Å². The Bertz CT molecular complexity index is 461. The lowest BCUT2D eigenvalue weighted by molar-refractivity contribution is -0.119. The van der Waals surface area contributed by atoms with E-state index in [1.54, 1.807) is 0 Å². The van der Waals surface area contributed by atoms with Crippen molar-refractivity contribution in [3.05, 3.63) is 29.8 Å². The standard InChI is InChI=1S/C16H25N3O/c1-13-6-3-4-8-15(13)19-10-5-7-14(9-11-19)18(2)12-16(17)20/h3-4,6,8,14H,5,7,9-12H2,1-2H3,(H2,17,20). The van der Waals surface area contributed by atoms with Crippen molar-refractivity contribution in [2.75, 3.05) is 31.6 Å². The summed E-state index contributed by atoms with van der Waals surface area (Å²) in [4.78, 5) is 15.6. The molecule has 0 radical (unpaired) electrons. The van der Waals surface area contributed by atoms with Gasteiger partial charge in [0.05, 0.1) is 6.54 Å². The van der Waals surface area contributed by atoms with Gasteiger partial charge in [-0.1, -0.05) is 18.2 Å². The Labute approximate surface area is 121 Å². The van der Waals surface area contributed by atoms with E-state index in [0.29, 0.717) is 12.6 Å². The van der Waals surface area contributed by atoms with Crippen molar-refractivity contribution in [2.45, 2.75) is 32.2 Å². The molecule has 2 rings (SSSR count). The zero-order valence-electron chi connectivity index (χ0n) is 12.5. The summed E-state index contributed by atoms with van der Waals surface area (Å²) in [6, 6.07) is 9.00. The number of carbonyl (C=O) groups excluding carboxylic acids is 1. The number of primary amides is 1. The number of likely N-dealkylation sites (N-methyl/N-ethyl adjacent to an activating group) is 1. The maximum absolute atomic E-state index is 11.0. The van der Waals surface area contributed by atoms with Gasteiger partial charge < -0.3 is 10.6 Å². The van der Waals surface area contributed by atoms with E-state index in [1.807, 2.05) is 7.05 Å². The van der Waals surface area contributed by atoms with E-state index in [1.165, 1.54) is 11.3 Å². The summed E-state index contributed by atoms with van der Waals surface area (Å²) in [5.74, 6) is -0.243. The minimum absolute atomic E-state index is 0.243. The molecule has 1 amide bonds. The number of hydrogen-bond acceptors (Lipinski definition) is 3. The lowest BCUT2D eigenvalue weighted by Crippen LogP contribution is -2.39. The van der Waals surface area contributed by atoms with Crippen LogP contribution in [0.15, 0.2) is 24.3 Å². The van der Waals surface area contributed by atoms with Gasteiger partial charge in [-0.15, -0.1) is 0 Å². The summed E-state index contributed by atoms with van der Waals surface area (Å²) >= 11 is 0. The molecule has 20 heavy (non-hydrogen) atoms. The third-order valence-electron chi connectivity index (χ3n) is 4.18. The van der Waals surface area contributed by atoms with E-state index in [9.17, 15) is 4.79 Å². The molecule has 0 saturated carbocycles. The van der Waals surface area contributed by atoms with Crippen LogP contribution < -0.4 is 10.6 Å². The third-order valence-corrected chi connectivity index (χ3v) is 4.18. The molecule has 1 saturated heterocycles. The number of amides is 1. The van der Waals surface area contributed by atoms with Crippen LogP contribution in [0.3, 0.4) is 0 Å². The van der Waals surface area contributed by atoms with E-state index in [-0.39, 0.29) is 5.91 Å². The van der Waals surface area contributed by atoms with Crippen LogP contribution in [0, 0.1) is 6.92 Å². The zero-order valence-corrected chi connectivity index (χ0v) is 12.5. The maximum Gasteiger partial charge on any atom is 0.231 e. The molecule has 4 heteroatoms. The van der Waals surface area contributed by atoms with Gasteiger partial charge in [-0.2, -0.15) is 0 Å². The molecule has 0 bridgehead atoms. The minimum Gasteiger partial charge on any atom is -0.371 e. The van der Waals surface area contributed by atoms with E-state index in [0.717, 1.165) is 32.4 Å². The van der Waals surface area contributed by atoms with Gasteiger partial charge in [0.25, 0.3) is 0 Å². The molecule has 4 nitrogen and oxygen atoms in total. The molecule has 1 unspecified atom stereocenters. The van der Waals surface area contributed by atoms with Gasteiger partial charge in [0.1, 0.15) is 0 Å². The Morgan fingerprint density at radius 3 is 2.80 bits per heavy atom. The van der Waals surface area contributed by atoms with Crippen molar-refractivity contribution >= 4 is 11.6 Å². The Morgan fingerprint density at radius 1 is 1.35 bits per heavy atom. The van der Waals surface area contributed by atoms with Crippen LogP contribution in [0.25, 0.3) is 0 Å². The van der Waals surface area contributed by atoms with Gasteiger partial charge in [0.2, 0.25) is 5.91 Å². The maximum atomic E-state index is 11.0. The normalized spacial score (nSPS) is 19.9. The average Bonchev–Trinajstić information content (AvgIpc) is 2.64. The number of rotatable bonds is 4. The molecule has 1 heterocycles. The molecule has 2 N–H and O–H groups in total. The highest BCUT2D eigenvalue weighted by Gasteiger charge is 2.21. The average molecular weight is 275 g/mol. The predicted molar refractivity (Wildman–Crippen MR) is 82.9 cm³/mol. The molecule has 1 fully saturated rings. The fourth-order valence-electron chi connectivity index (χ4n) is 3.05. The van der Waals surface area contributed by atoms with Crippen molar-refractivity contribution in [2.24, 2.45) is 5.73 Å². The molecule has 110 valence electrons. The summed E-state index contributed by atoms with van der Waals surface area (Å²) in [5, 5.41) is 0. The summed E-state index contributed by atoms with van der Waals surface area (Å²) in [7, 11) is 2.00. The zero-order chi connectivity index (χ0) is 14.5. The number of nitrogens with two attached hydrogens (primary N) is 1. The van der Waals surface area contributed by atoms with Crippen LogP contribution in [0.2, 0.25) is 0 Å². The molecule has 1 aliphatic rings. The molecule has 0 spiro atoms. The van der Waals surface area contributed by atoms with Crippen LogP contribution in [-0.4, -0.2) is 43.5 Å². The first-order valence-corrected chi connectivity index (χ1v) is 7.37. The Hall–Kier alpha value is -1.55. The van der Waals surface area contributed by atoms with Crippen LogP contribution in [0.4, 0.5) is 5.69 Å². The highest BCUT2D eigenvalue weighted by molar-refractivity contribution is 5.75. The second-order valence-corrected chi connectivity index (χ2v) is 5.74. The number of carbonyl (C=O) groups is 1. The first kappa shape index (κ1) is 14.9. The first-order valence-electron chi connectivity index (χ1n) is 7.37. The van der Waals surface area contributed by atoms with E-state index in [2.05, 4.69) is 41.0 Å². The van der Waals surface area contributed by atoms with Crippen LogP contribution in [0.5, 0.6) is 0 Å². The first-order chi connectivity index (χ1) is 9.58. The number of nitrogens with zero attached hydrogens (tertiary/aromatic N) is 2. The van der Waals surface area contributed by atoms with E-state index < -0.39 is 0 Å². The molecule has 1 atom stereocenters. The molecular formula is C16H25N3O. The van der Waals surface area contributed by atoms with Crippen LogP contribution in [0.1, 0.15) is 24.8 Å². The van der Waals surface area contributed by atoms with E-state index >= 15 is 0 Å². The summed E-state index contributed by atoms with van der Waals surface area (Å²) in [6.45, 7) is 4.65.